The lowest BCUT2D eigenvalue weighted by atomic mass is 9.86. The zero-order chi connectivity index (χ0) is 57.2. The van der Waals surface area contributed by atoms with Gasteiger partial charge >= 0.3 is 0 Å². The fraction of sp³-hybridized carbons (Fsp3) is 0.100. The summed E-state index contributed by atoms with van der Waals surface area (Å²) in [5.41, 5.74) is 4.89. The molecule has 0 aliphatic heterocycles. The highest BCUT2D eigenvalue weighted by atomic mass is 16.5. The Balaban J connectivity index is 1.14. The molecule has 0 atom stereocenters. The molecule has 8 aromatic carbocycles. The molecular formula is C60H48N4O. The van der Waals surface area contributed by atoms with E-state index in [4.69, 9.17) is 23.9 Å². The number of hydrogen-bond donors (Lipinski definition) is 0. The highest BCUT2D eigenvalue weighted by molar-refractivity contribution is 6.10. The number of fused-ring (bicyclic) bond motifs is 4. The number of nitrogens with zero attached hydrogens (tertiary/aromatic N) is 4. The van der Waals surface area contributed by atoms with Crippen LogP contribution in [-0.2, 0) is 5.41 Å². The average molecular weight is 856 g/mol. The number of pyridine rings is 1. The summed E-state index contributed by atoms with van der Waals surface area (Å²) < 4.78 is 143. The fourth-order valence-electron chi connectivity index (χ4n) is 8.35. The van der Waals surface area contributed by atoms with Crippen LogP contribution in [0.15, 0.2) is 200 Å². The minimum Gasteiger partial charge on any atom is -0.458 e. The fourth-order valence-corrected chi connectivity index (χ4v) is 8.35. The first-order valence-electron chi connectivity index (χ1n) is 28.6. The average Bonchev–Trinajstić information content (AvgIpc) is 4.19. The number of benzene rings is 8. The van der Waals surface area contributed by atoms with Crippen molar-refractivity contribution >= 4 is 32.8 Å². The zero-order valence-corrected chi connectivity index (χ0v) is 35.8. The molecule has 11 rings (SSSR count). The summed E-state index contributed by atoms with van der Waals surface area (Å²) >= 11 is 0. The maximum Gasteiger partial charge on any atom is 0.269 e. The second-order valence-electron chi connectivity index (χ2n) is 16.8. The Morgan fingerprint density at radius 3 is 2.06 bits per heavy atom. The molecule has 0 N–H and O–H groups in total. The quantitative estimate of drug-likeness (QED) is 0.113. The Morgan fingerprint density at radius 2 is 1.34 bits per heavy atom. The van der Waals surface area contributed by atoms with Gasteiger partial charge in [-0.25, -0.2) is 4.98 Å². The molecular weight excluding hydrogens is 793 g/mol. The highest BCUT2D eigenvalue weighted by Gasteiger charge is 2.23. The molecule has 5 heteroatoms. The molecule has 5 nitrogen and oxygen atoms in total. The number of aromatic nitrogens is 4. The van der Waals surface area contributed by atoms with Crippen molar-refractivity contribution in [3.05, 3.63) is 223 Å². The van der Waals surface area contributed by atoms with E-state index >= 15 is 0 Å². The van der Waals surface area contributed by atoms with Crippen molar-refractivity contribution in [2.75, 3.05) is 0 Å². The first-order valence-corrected chi connectivity index (χ1v) is 21.1. The van der Waals surface area contributed by atoms with Gasteiger partial charge in [-0.15, -0.1) is 0 Å². The van der Waals surface area contributed by atoms with Crippen LogP contribution in [0, 0.1) is 20.1 Å². The van der Waals surface area contributed by atoms with Crippen LogP contribution in [0.3, 0.4) is 0 Å². The van der Waals surface area contributed by atoms with Crippen molar-refractivity contribution in [1.82, 2.24) is 14.1 Å². The summed E-state index contributed by atoms with van der Waals surface area (Å²) in [5, 5.41) is 1.54. The van der Waals surface area contributed by atoms with Gasteiger partial charge in [0.05, 0.1) is 49.9 Å². The molecule has 0 fully saturated rings. The molecule has 0 aliphatic rings. The second kappa shape index (κ2) is 16.0. The van der Waals surface area contributed by atoms with Crippen LogP contribution in [0.4, 0.5) is 0 Å². The topological polar surface area (TPSA) is 35.9 Å². The van der Waals surface area contributed by atoms with Crippen LogP contribution in [0.1, 0.15) is 58.0 Å². The van der Waals surface area contributed by atoms with E-state index in [1.807, 2.05) is 112 Å². The molecule has 3 aromatic heterocycles. The SMILES string of the molecule is [2H]c1nc(-n2c3ccc(-c4ccccc4)cc3c3ccc(Oc4cc(-n5[c-][n+](-c6c(-c7c([2H])c([2H])c([2H])c([2H])c7[2H])cccc6-c6c([2H])c([2H])c([2H])c([2H])c6[2H])c6ccccc65)cc(C(C)(C)C)c4)cc32)c([2H])c(C([2H])([2H])[2H])c1C. The van der Waals surface area contributed by atoms with E-state index in [0.717, 1.165) is 27.5 Å². The smallest absolute Gasteiger partial charge is 0.269 e. The van der Waals surface area contributed by atoms with Gasteiger partial charge in [0.25, 0.3) is 6.33 Å². The Morgan fingerprint density at radius 1 is 0.615 bits per heavy atom. The van der Waals surface area contributed by atoms with Gasteiger partial charge in [-0.2, -0.15) is 0 Å². The van der Waals surface area contributed by atoms with Crippen LogP contribution in [0.5, 0.6) is 11.5 Å². The van der Waals surface area contributed by atoms with E-state index < -0.39 is 72.7 Å². The van der Waals surface area contributed by atoms with Crippen molar-refractivity contribution < 1.29 is 29.9 Å². The number of ether oxygens (including phenoxy) is 1. The van der Waals surface area contributed by atoms with Crippen molar-refractivity contribution in [2.45, 2.75) is 40.0 Å². The van der Waals surface area contributed by atoms with Gasteiger partial charge in [-0.3, -0.25) is 13.7 Å². The van der Waals surface area contributed by atoms with E-state index in [1.165, 1.54) is 6.92 Å². The van der Waals surface area contributed by atoms with E-state index in [0.29, 0.717) is 39.3 Å². The number of hydrogen-bond acceptors (Lipinski definition) is 2. The molecule has 0 saturated heterocycles. The maximum atomic E-state index is 9.33. The maximum absolute atomic E-state index is 9.33. The van der Waals surface area contributed by atoms with Crippen LogP contribution in [-0.4, -0.2) is 14.1 Å². The lowest BCUT2D eigenvalue weighted by Gasteiger charge is -2.22. The Labute approximate surface area is 401 Å². The molecule has 0 unspecified atom stereocenters. The molecule has 0 saturated carbocycles. The van der Waals surface area contributed by atoms with Crippen LogP contribution in [0.2, 0.25) is 0 Å². The van der Waals surface area contributed by atoms with Crippen LogP contribution < -0.4 is 9.30 Å². The third-order valence-corrected chi connectivity index (χ3v) is 11.6. The molecule has 0 radical (unpaired) electrons. The third kappa shape index (κ3) is 7.25. The van der Waals surface area contributed by atoms with Crippen molar-refractivity contribution in [2.24, 2.45) is 0 Å². The minimum atomic E-state index is -2.71. The number of imidazole rings is 1. The molecule has 3 heterocycles. The predicted molar refractivity (Wildman–Crippen MR) is 267 cm³/mol. The molecule has 0 spiro atoms. The summed E-state index contributed by atoms with van der Waals surface area (Å²) in [4.78, 5) is 4.56. The second-order valence-corrected chi connectivity index (χ2v) is 16.8. The standard InChI is InChI=1S/C60H48N4O/c1-40-32-58(61-38-41(40)2)64-54-31-28-45(42-18-9-6-10-19-42)33-53(54)52-30-29-48(37-57(52)64)65-49-35-46(60(3,4)5)34-47(36-49)62-39-63(56-27-16-15-26-55(56)62)59-50(43-20-11-7-12-21-43)24-17-25-51(59)44-22-13-8-14-23-44/h6-38H,1-5H3/i1D3,7D,8D,11D,12D,13D,14D,20D,21D,22D,23D,32D,38D. The predicted octanol–water partition coefficient (Wildman–Crippen LogP) is 14.9. The van der Waals surface area contributed by atoms with Crippen LogP contribution in [0.25, 0.3) is 83.4 Å². The van der Waals surface area contributed by atoms with Crippen LogP contribution >= 0.6 is 0 Å². The van der Waals surface area contributed by atoms with Gasteiger partial charge < -0.3 is 4.74 Å². The molecule has 11 aromatic rings. The van der Waals surface area contributed by atoms with Crippen molar-refractivity contribution in [3.63, 3.8) is 0 Å². The van der Waals surface area contributed by atoms with Crippen molar-refractivity contribution in [3.8, 4) is 62.1 Å². The summed E-state index contributed by atoms with van der Waals surface area (Å²) in [5.74, 6) is 0.736. The van der Waals surface area contributed by atoms with E-state index in [9.17, 15) is 1.37 Å². The van der Waals surface area contributed by atoms with Gasteiger partial charge in [0.2, 0.25) is 0 Å². The van der Waals surface area contributed by atoms with Crippen molar-refractivity contribution in [1.29, 1.82) is 0 Å². The lowest BCUT2D eigenvalue weighted by molar-refractivity contribution is -0.571. The first kappa shape index (κ1) is 26.6. The van der Waals surface area contributed by atoms with Gasteiger partial charge in [-0.05, 0) is 118 Å². The Hall–Kier alpha value is -8.02. The van der Waals surface area contributed by atoms with Gasteiger partial charge in [-0.1, -0.05) is 160 Å². The van der Waals surface area contributed by atoms with Gasteiger partial charge in [0.15, 0.2) is 0 Å². The molecule has 0 aliphatic carbocycles. The monoisotopic (exact) mass is 855 g/mol. The van der Waals surface area contributed by atoms with Gasteiger partial charge in [0.1, 0.15) is 17.3 Å². The normalized spacial score (nSPS) is 15.2. The summed E-state index contributed by atoms with van der Waals surface area (Å²) in [6.07, 6.45) is 3.20. The molecule has 65 heavy (non-hydrogen) atoms. The summed E-state index contributed by atoms with van der Waals surface area (Å²) in [6.45, 7) is 4.92. The summed E-state index contributed by atoms with van der Waals surface area (Å²) in [6, 6.07) is 33.0. The highest BCUT2D eigenvalue weighted by Crippen LogP contribution is 2.40. The number of rotatable bonds is 8. The molecule has 314 valence electrons. The van der Waals surface area contributed by atoms with E-state index in [-0.39, 0.29) is 57.1 Å². The summed E-state index contributed by atoms with van der Waals surface area (Å²) in [7, 11) is 0. The molecule has 0 amide bonds. The first-order chi connectivity index (χ1) is 37.9. The lowest BCUT2D eigenvalue weighted by Crippen LogP contribution is -2.31. The zero-order valence-electron chi connectivity index (χ0n) is 50.8. The number of para-hydroxylation sites is 3. The third-order valence-electron chi connectivity index (χ3n) is 11.6. The van der Waals surface area contributed by atoms with E-state index in [1.54, 1.807) is 50.1 Å². The minimum absolute atomic E-state index is 0.0282. The Kier molecular flexibility index (Phi) is 6.52. The Bertz CT molecular complexity index is 4260. The molecule has 0 bridgehead atoms. The van der Waals surface area contributed by atoms with Gasteiger partial charge in [0, 0.05) is 27.1 Å². The van der Waals surface area contributed by atoms with E-state index in [2.05, 4.69) is 11.3 Å². The largest absolute Gasteiger partial charge is 0.458 e.